The van der Waals surface area contributed by atoms with E-state index in [0.29, 0.717) is 6.07 Å². The molecule has 90 valence electrons. The fourth-order valence-electron chi connectivity index (χ4n) is 1.36. The summed E-state index contributed by atoms with van der Waals surface area (Å²) in [5.74, 6) is -1.76. The van der Waals surface area contributed by atoms with Crippen LogP contribution < -0.4 is 10.5 Å². The zero-order valence-corrected chi connectivity index (χ0v) is 8.63. The van der Waals surface area contributed by atoms with Gasteiger partial charge in [0.05, 0.1) is 23.8 Å². The van der Waals surface area contributed by atoms with Crippen LogP contribution in [-0.2, 0) is 6.18 Å². The van der Waals surface area contributed by atoms with Crippen molar-refractivity contribution in [2.24, 2.45) is 5.73 Å². The largest absolute Gasteiger partial charge is 0.495 e. The third-order valence-electron chi connectivity index (χ3n) is 2.03. The number of methoxy groups -OCH3 is 1. The summed E-state index contributed by atoms with van der Waals surface area (Å²) in [6, 6.07) is 3.17. The molecule has 0 fully saturated rings. The SMILES string of the molecule is COc1c(C#N)ccc(C(F)(F)F)c1C(N)=O. The van der Waals surface area contributed by atoms with Gasteiger partial charge in [-0.3, -0.25) is 4.79 Å². The van der Waals surface area contributed by atoms with Crippen LogP contribution in [-0.4, -0.2) is 13.0 Å². The number of hydrogen-bond donors (Lipinski definition) is 1. The molecule has 1 amide bonds. The van der Waals surface area contributed by atoms with Gasteiger partial charge in [-0.25, -0.2) is 0 Å². The van der Waals surface area contributed by atoms with Crippen LogP contribution in [0.5, 0.6) is 5.75 Å². The van der Waals surface area contributed by atoms with E-state index in [4.69, 9.17) is 11.0 Å². The highest BCUT2D eigenvalue weighted by Gasteiger charge is 2.37. The molecule has 2 N–H and O–H groups in total. The summed E-state index contributed by atoms with van der Waals surface area (Å²) in [7, 11) is 1.06. The number of amides is 1. The molecule has 0 bridgehead atoms. The summed E-state index contributed by atoms with van der Waals surface area (Å²) in [5.41, 5.74) is 2.64. The first kappa shape index (κ1) is 12.8. The lowest BCUT2D eigenvalue weighted by molar-refractivity contribution is -0.138. The number of halogens is 3. The number of nitrogens with two attached hydrogens (primary N) is 1. The monoisotopic (exact) mass is 244 g/mol. The summed E-state index contributed by atoms with van der Waals surface area (Å²) in [5, 5.41) is 8.69. The molecule has 0 unspecified atom stereocenters. The molecule has 0 heterocycles. The zero-order valence-electron chi connectivity index (χ0n) is 8.63. The Hall–Kier alpha value is -2.23. The Morgan fingerprint density at radius 2 is 2.06 bits per heavy atom. The van der Waals surface area contributed by atoms with Crippen LogP contribution in [0.3, 0.4) is 0 Å². The Balaban J connectivity index is 3.67. The highest BCUT2D eigenvalue weighted by molar-refractivity contribution is 5.98. The molecule has 0 aliphatic heterocycles. The molecular formula is C10H7F3N2O2. The third-order valence-corrected chi connectivity index (χ3v) is 2.03. The van der Waals surface area contributed by atoms with Crippen LogP contribution >= 0.6 is 0 Å². The van der Waals surface area contributed by atoms with Crippen LogP contribution in [0, 0.1) is 11.3 Å². The van der Waals surface area contributed by atoms with Gasteiger partial charge in [0.15, 0.2) is 0 Å². The van der Waals surface area contributed by atoms with E-state index in [1.165, 1.54) is 0 Å². The zero-order chi connectivity index (χ0) is 13.2. The highest BCUT2D eigenvalue weighted by Crippen LogP contribution is 2.37. The second-order valence-corrected chi connectivity index (χ2v) is 3.04. The number of carbonyl (C=O) groups is 1. The maximum absolute atomic E-state index is 12.6. The number of nitrogens with zero attached hydrogens (tertiary/aromatic N) is 1. The van der Waals surface area contributed by atoms with Gasteiger partial charge in [0.2, 0.25) is 0 Å². The summed E-state index contributed by atoms with van der Waals surface area (Å²) in [4.78, 5) is 11.0. The number of alkyl halides is 3. The van der Waals surface area contributed by atoms with E-state index in [1.807, 2.05) is 0 Å². The van der Waals surface area contributed by atoms with E-state index < -0.39 is 29.0 Å². The van der Waals surface area contributed by atoms with Crippen LogP contribution in [0.2, 0.25) is 0 Å². The number of primary amides is 1. The summed E-state index contributed by atoms with van der Waals surface area (Å²) >= 11 is 0. The third kappa shape index (κ3) is 2.30. The van der Waals surface area contributed by atoms with Crippen LogP contribution in [0.25, 0.3) is 0 Å². The normalized spacial score (nSPS) is 10.8. The van der Waals surface area contributed by atoms with E-state index in [2.05, 4.69) is 4.74 Å². The fraction of sp³-hybridized carbons (Fsp3) is 0.200. The predicted molar refractivity (Wildman–Crippen MR) is 51.2 cm³/mol. The van der Waals surface area contributed by atoms with Crippen molar-refractivity contribution in [1.82, 2.24) is 0 Å². The van der Waals surface area contributed by atoms with Gasteiger partial charge in [0.1, 0.15) is 11.8 Å². The molecule has 0 aliphatic carbocycles. The molecule has 1 aromatic carbocycles. The Labute approximate surface area is 94.4 Å². The number of nitriles is 1. The minimum absolute atomic E-state index is 0.186. The quantitative estimate of drug-likeness (QED) is 0.859. The molecule has 0 aromatic heterocycles. The molecular weight excluding hydrogens is 237 g/mol. The lowest BCUT2D eigenvalue weighted by Crippen LogP contribution is -2.20. The molecule has 0 saturated carbocycles. The van der Waals surface area contributed by atoms with Gasteiger partial charge in [0, 0.05) is 0 Å². The molecule has 0 radical (unpaired) electrons. The number of benzene rings is 1. The smallest absolute Gasteiger partial charge is 0.417 e. The standard InChI is InChI=1S/C10H7F3N2O2/c1-17-8-5(4-14)2-3-6(10(11,12)13)7(8)9(15)16/h2-3H,1H3,(H2,15,16). The second-order valence-electron chi connectivity index (χ2n) is 3.04. The average molecular weight is 244 g/mol. The second kappa shape index (κ2) is 4.33. The summed E-state index contributed by atoms with van der Waals surface area (Å²) in [6.45, 7) is 0. The molecule has 17 heavy (non-hydrogen) atoms. The minimum atomic E-state index is -4.74. The van der Waals surface area contributed by atoms with Crippen molar-refractivity contribution in [2.45, 2.75) is 6.18 Å². The van der Waals surface area contributed by atoms with Crippen LogP contribution in [0.1, 0.15) is 21.5 Å². The maximum atomic E-state index is 12.6. The first-order chi connectivity index (χ1) is 7.82. The van der Waals surface area contributed by atoms with E-state index in [9.17, 15) is 18.0 Å². The van der Waals surface area contributed by atoms with Crippen LogP contribution in [0.4, 0.5) is 13.2 Å². The number of rotatable bonds is 2. The lowest BCUT2D eigenvalue weighted by Gasteiger charge is -2.14. The molecule has 4 nitrogen and oxygen atoms in total. The van der Waals surface area contributed by atoms with Crippen molar-refractivity contribution in [3.8, 4) is 11.8 Å². The van der Waals surface area contributed by atoms with Gasteiger partial charge in [-0.05, 0) is 12.1 Å². The summed E-state index contributed by atoms with van der Waals surface area (Å²) < 4.78 is 42.5. The van der Waals surface area contributed by atoms with Gasteiger partial charge in [-0.2, -0.15) is 18.4 Å². The molecule has 0 saturated heterocycles. The molecule has 0 aliphatic rings. The van der Waals surface area contributed by atoms with Crippen molar-refractivity contribution in [3.63, 3.8) is 0 Å². The van der Waals surface area contributed by atoms with Gasteiger partial charge < -0.3 is 10.5 Å². The Kier molecular flexibility index (Phi) is 3.27. The first-order valence-corrected chi connectivity index (χ1v) is 4.31. The topological polar surface area (TPSA) is 76.1 Å². The Bertz CT molecular complexity index is 503. The van der Waals surface area contributed by atoms with Gasteiger partial charge in [-0.1, -0.05) is 0 Å². The number of hydrogen-bond acceptors (Lipinski definition) is 3. The number of ether oxygens (including phenoxy) is 1. The Morgan fingerprint density at radius 1 is 1.47 bits per heavy atom. The van der Waals surface area contributed by atoms with Gasteiger partial charge >= 0.3 is 6.18 Å². The fourth-order valence-corrected chi connectivity index (χ4v) is 1.36. The first-order valence-electron chi connectivity index (χ1n) is 4.31. The molecule has 1 rings (SSSR count). The minimum Gasteiger partial charge on any atom is -0.495 e. The van der Waals surface area contributed by atoms with E-state index in [0.717, 1.165) is 13.2 Å². The molecule has 0 atom stereocenters. The lowest BCUT2D eigenvalue weighted by atomic mass is 10.0. The Morgan fingerprint density at radius 3 is 2.41 bits per heavy atom. The summed E-state index contributed by atoms with van der Waals surface area (Å²) in [6.07, 6.45) is -4.74. The van der Waals surface area contributed by atoms with Crippen LogP contribution in [0.15, 0.2) is 12.1 Å². The molecule has 0 spiro atoms. The maximum Gasteiger partial charge on any atom is 0.417 e. The number of carbonyl (C=O) groups excluding carboxylic acids is 1. The van der Waals surface area contributed by atoms with Crippen molar-refractivity contribution in [1.29, 1.82) is 5.26 Å². The predicted octanol–water partition coefficient (Wildman–Crippen LogP) is 1.68. The average Bonchev–Trinajstić information content (AvgIpc) is 2.25. The molecule has 7 heteroatoms. The van der Waals surface area contributed by atoms with Crippen molar-refractivity contribution in [3.05, 3.63) is 28.8 Å². The van der Waals surface area contributed by atoms with Gasteiger partial charge in [-0.15, -0.1) is 0 Å². The van der Waals surface area contributed by atoms with E-state index >= 15 is 0 Å². The van der Waals surface area contributed by atoms with Crippen molar-refractivity contribution >= 4 is 5.91 Å². The molecule has 1 aromatic rings. The van der Waals surface area contributed by atoms with Gasteiger partial charge in [0.25, 0.3) is 5.91 Å². The van der Waals surface area contributed by atoms with Crippen molar-refractivity contribution < 1.29 is 22.7 Å². The highest BCUT2D eigenvalue weighted by atomic mass is 19.4. The van der Waals surface area contributed by atoms with E-state index in [-0.39, 0.29) is 5.56 Å². The van der Waals surface area contributed by atoms with E-state index in [1.54, 1.807) is 6.07 Å². The van der Waals surface area contributed by atoms with Crippen molar-refractivity contribution in [2.75, 3.05) is 7.11 Å².